The summed E-state index contributed by atoms with van der Waals surface area (Å²) in [4.78, 5) is 15.5. The number of carbonyl (C=O) groups excluding carboxylic acids is 1. The number of rotatable bonds is 7. The van der Waals surface area contributed by atoms with Crippen molar-refractivity contribution in [2.24, 2.45) is 0 Å². The van der Waals surface area contributed by atoms with E-state index in [2.05, 4.69) is 15.6 Å². The van der Waals surface area contributed by atoms with Crippen molar-refractivity contribution < 1.29 is 13.9 Å². The van der Waals surface area contributed by atoms with Crippen LogP contribution in [0.15, 0.2) is 18.5 Å². The van der Waals surface area contributed by atoms with Crippen molar-refractivity contribution in [2.75, 3.05) is 20.3 Å². The number of ether oxygens (including phenoxy) is 1. The molecule has 1 amide bonds. The van der Waals surface area contributed by atoms with E-state index >= 15 is 0 Å². The monoisotopic (exact) mass is 269 g/mol. The van der Waals surface area contributed by atoms with Gasteiger partial charge in [-0.25, -0.2) is 4.39 Å². The first-order valence-corrected chi connectivity index (χ1v) is 6.17. The van der Waals surface area contributed by atoms with Crippen LogP contribution in [-0.4, -0.2) is 37.2 Å². The van der Waals surface area contributed by atoms with Gasteiger partial charge in [-0.1, -0.05) is 0 Å². The molecule has 1 heterocycles. The minimum Gasteiger partial charge on any atom is -0.383 e. The highest BCUT2D eigenvalue weighted by Gasteiger charge is 2.16. The number of hydrogen-bond acceptors (Lipinski definition) is 4. The van der Waals surface area contributed by atoms with Crippen molar-refractivity contribution in [3.8, 4) is 0 Å². The highest BCUT2D eigenvalue weighted by atomic mass is 19.1. The number of aromatic nitrogens is 1. The first-order chi connectivity index (χ1) is 9.04. The Morgan fingerprint density at radius 2 is 2.21 bits per heavy atom. The molecule has 5 nitrogen and oxygen atoms in total. The SMILES string of the molecule is COCCNC(=O)C(C)NC(C)c1cncc(F)c1. The lowest BCUT2D eigenvalue weighted by Crippen LogP contribution is -2.44. The minimum atomic E-state index is -0.386. The summed E-state index contributed by atoms with van der Waals surface area (Å²) >= 11 is 0. The first-order valence-electron chi connectivity index (χ1n) is 6.17. The van der Waals surface area contributed by atoms with Crippen LogP contribution in [0.1, 0.15) is 25.5 Å². The van der Waals surface area contributed by atoms with Crippen molar-refractivity contribution in [3.05, 3.63) is 29.8 Å². The normalized spacial score (nSPS) is 13.9. The Bertz CT molecular complexity index is 415. The van der Waals surface area contributed by atoms with Crippen molar-refractivity contribution in [1.82, 2.24) is 15.6 Å². The maximum absolute atomic E-state index is 13.0. The third-order valence-electron chi connectivity index (χ3n) is 2.72. The summed E-state index contributed by atoms with van der Waals surface area (Å²) in [6.45, 7) is 4.56. The summed E-state index contributed by atoms with van der Waals surface area (Å²) in [5.74, 6) is -0.503. The Labute approximate surface area is 112 Å². The predicted octanol–water partition coefficient (Wildman–Crippen LogP) is 1.02. The van der Waals surface area contributed by atoms with Gasteiger partial charge < -0.3 is 10.1 Å². The van der Waals surface area contributed by atoms with Gasteiger partial charge in [0, 0.05) is 25.9 Å². The number of hydrogen-bond donors (Lipinski definition) is 2. The van der Waals surface area contributed by atoms with E-state index in [1.807, 2.05) is 6.92 Å². The average molecular weight is 269 g/mol. The third-order valence-corrected chi connectivity index (χ3v) is 2.72. The van der Waals surface area contributed by atoms with E-state index in [4.69, 9.17) is 4.74 Å². The van der Waals surface area contributed by atoms with E-state index in [0.717, 1.165) is 6.20 Å². The van der Waals surface area contributed by atoms with Crippen LogP contribution in [-0.2, 0) is 9.53 Å². The molecule has 1 aromatic heterocycles. The molecule has 0 fully saturated rings. The lowest BCUT2D eigenvalue weighted by molar-refractivity contribution is -0.123. The van der Waals surface area contributed by atoms with Crippen LogP contribution >= 0.6 is 0 Å². The zero-order valence-corrected chi connectivity index (χ0v) is 11.4. The fourth-order valence-electron chi connectivity index (χ4n) is 1.64. The van der Waals surface area contributed by atoms with Gasteiger partial charge in [0.1, 0.15) is 5.82 Å². The number of nitrogens with zero attached hydrogens (tertiary/aromatic N) is 1. The Balaban J connectivity index is 2.47. The molecule has 0 saturated heterocycles. The van der Waals surface area contributed by atoms with E-state index in [-0.39, 0.29) is 23.8 Å². The second-order valence-electron chi connectivity index (χ2n) is 4.33. The molecule has 0 spiro atoms. The van der Waals surface area contributed by atoms with E-state index in [9.17, 15) is 9.18 Å². The Kier molecular flexibility index (Phi) is 6.38. The molecule has 0 radical (unpaired) electrons. The third kappa shape index (κ3) is 5.32. The predicted molar refractivity (Wildman–Crippen MR) is 70.1 cm³/mol. The highest BCUT2D eigenvalue weighted by molar-refractivity contribution is 5.81. The number of nitrogens with one attached hydrogen (secondary N) is 2. The summed E-state index contributed by atoms with van der Waals surface area (Å²) < 4.78 is 17.9. The number of carbonyl (C=O) groups is 1. The number of pyridine rings is 1. The molecule has 0 aliphatic carbocycles. The minimum absolute atomic E-state index is 0.117. The number of halogens is 1. The number of amides is 1. The van der Waals surface area contributed by atoms with Crippen LogP contribution in [0.3, 0.4) is 0 Å². The standard InChI is InChI=1S/C13H20FN3O2/c1-9(11-6-12(14)8-15-7-11)17-10(2)13(18)16-4-5-19-3/h6-10,17H,4-5H2,1-3H3,(H,16,18). The second-order valence-corrected chi connectivity index (χ2v) is 4.33. The highest BCUT2D eigenvalue weighted by Crippen LogP contribution is 2.12. The Morgan fingerprint density at radius 1 is 1.47 bits per heavy atom. The maximum Gasteiger partial charge on any atom is 0.236 e. The van der Waals surface area contributed by atoms with Crippen LogP contribution in [0.2, 0.25) is 0 Å². The Morgan fingerprint density at radius 3 is 2.84 bits per heavy atom. The zero-order valence-electron chi connectivity index (χ0n) is 11.4. The largest absolute Gasteiger partial charge is 0.383 e. The molecule has 0 bridgehead atoms. The van der Waals surface area contributed by atoms with Gasteiger partial charge in [-0.3, -0.25) is 15.1 Å². The molecule has 106 valence electrons. The molecule has 0 saturated carbocycles. The van der Waals surface area contributed by atoms with E-state index in [1.54, 1.807) is 20.2 Å². The first kappa shape index (κ1) is 15.5. The molecule has 6 heteroatoms. The fourth-order valence-corrected chi connectivity index (χ4v) is 1.64. The molecule has 1 rings (SSSR count). The van der Waals surface area contributed by atoms with Gasteiger partial charge in [0.2, 0.25) is 5.91 Å². The van der Waals surface area contributed by atoms with E-state index < -0.39 is 0 Å². The van der Waals surface area contributed by atoms with Gasteiger partial charge in [-0.15, -0.1) is 0 Å². The van der Waals surface area contributed by atoms with E-state index in [1.165, 1.54) is 6.07 Å². The molecule has 0 aromatic carbocycles. The van der Waals surface area contributed by atoms with E-state index in [0.29, 0.717) is 18.7 Å². The fraction of sp³-hybridized carbons (Fsp3) is 0.538. The quantitative estimate of drug-likeness (QED) is 0.726. The van der Waals surface area contributed by atoms with Crippen LogP contribution in [0.4, 0.5) is 4.39 Å². The van der Waals surface area contributed by atoms with Gasteiger partial charge in [-0.2, -0.15) is 0 Å². The molecule has 2 N–H and O–H groups in total. The van der Waals surface area contributed by atoms with Crippen molar-refractivity contribution >= 4 is 5.91 Å². The second kappa shape index (κ2) is 7.81. The smallest absolute Gasteiger partial charge is 0.236 e. The molecule has 0 aliphatic rings. The average Bonchev–Trinajstić information content (AvgIpc) is 2.38. The van der Waals surface area contributed by atoms with Crippen LogP contribution in [0.5, 0.6) is 0 Å². The summed E-state index contributed by atoms with van der Waals surface area (Å²) in [6, 6.07) is 0.863. The van der Waals surface area contributed by atoms with Gasteiger partial charge in [0.05, 0.1) is 18.8 Å². The summed E-state index contributed by atoms with van der Waals surface area (Å²) in [7, 11) is 1.58. The van der Waals surface area contributed by atoms with Gasteiger partial charge in [0.15, 0.2) is 0 Å². The maximum atomic E-state index is 13.0. The molecule has 1 aromatic rings. The topological polar surface area (TPSA) is 63.2 Å². The van der Waals surface area contributed by atoms with Gasteiger partial charge in [0.25, 0.3) is 0 Å². The van der Waals surface area contributed by atoms with Crippen molar-refractivity contribution in [3.63, 3.8) is 0 Å². The Hall–Kier alpha value is -1.53. The van der Waals surface area contributed by atoms with Crippen LogP contribution in [0, 0.1) is 5.82 Å². The molecular formula is C13H20FN3O2. The van der Waals surface area contributed by atoms with Crippen LogP contribution in [0.25, 0.3) is 0 Å². The van der Waals surface area contributed by atoms with Crippen molar-refractivity contribution in [2.45, 2.75) is 25.9 Å². The molecule has 2 unspecified atom stereocenters. The van der Waals surface area contributed by atoms with Crippen molar-refractivity contribution in [1.29, 1.82) is 0 Å². The molecule has 0 aliphatic heterocycles. The zero-order chi connectivity index (χ0) is 14.3. The van der Waals surface area contributed by atoms with Crippen LogP contribution < -0.4 is 10.6 Å². The molecule has 2 atom stereocenters. The summed E-state index contributed by atoms with van der Waals surface area (Å²) in [5.41, 5.74) is 0.705. The molecule has 19 heavy (non-hydrogen) atoms. The lowest BCUT2D eigenvalue weighted by Gasteiger charge is -2.19. The number of methoxy groups -OCH3 is 1. The summed E-state index contributed by atoms with van der Waals surface area (Å²) in [5, 5.41) is 5.83. The molecular weight excluding hydrogens is 249 g/mol. The lowest BCUT2D eigenvalue weighted by atomic mass is 10.1. The van der Waals surface area contributed by atoms with Gasteiger partial charge >= 0.3 is 0 Å². The summed E-state index contributed by atoms with van der Waals surface area (Å²) in [6.07, 6.45) is 2.73. The van der Waals surface area contributed by atoms with Gasteiger partial charge in [-0.05, 0) is 25.5 Å².